The summed E-state index contributed by atoms with van der Waals surface area (Å²) in [5.41, 5.74) is -0.129. The Labute approximate surface area is 73.9 Å². The Balaban J connectivity index is 4.30. The molecule has 1 unspecified atom stereocenters. The van der Waals surface area contributed by atoms with E-state index >= 15 is 0 Å². The van der Waals surface area contributed by atoms with Crippen molar-refractivity contribution in [1.29, 1.82) is 0 Å². The molecule has 68 valence electrons. The normalized spacial score (nSPS) is 16.2. The molecule has 0 amide bonds. The SMILES string of the molecule is CCC(C)(O)C#C/C(C)=C/CO. The van der Waals surface area contributed by atoms with E-state index in [9.17, 15) is 5.11 Å². The van der Waals surface area contributed by atoms with Gasteiger partial charge in [-0.3, -0.25) is 0 Å². The van der Waals surface area contributed by atoms with Crippen LogP contribution >= 0.6 is 0 Å². The second-order valence-corrected chi connectivity index (χ2v) is 2.95. The highest BCUT2D eigenvalue weighted by Gasteiger charge is 2.11. The van der Waals surface area contributed by atoms with Gasteiger partial charge in [0.15, 0.2) is 0 Å². The summed E-state index contributed by atoms with van der Waals surface area (Å²) in [5, 5.41) is 18.0. The van der Waals surface area contributed by atoms with Gasteiger partial charge in [0, 0.05) is 0 Å². The molecule has 0 saturated heterocycles. The summed E-state index contributed by atoms with van der Waals surface area (Å²) in [6.45, 7) is 5.34. The average Bonchev–Trinajstić information content (AvgIpc) is 2.02. The largest absolute Gasteiger partial charge is 0.392 e. The van der Waals surface area contributed by atoms with E-state index in [0.29, 0.717) is 6.42 Å². The molecule has 0 saturated carbocycles. The zero-order chi connectivity index (χ0) is 9.61. The molecule has 0 bridgehead atoms. The number of hydrogen-bond acceptors (Lipinski definition) is 2. The molecule has 1 atom stereocenters. The topological polar surface area (TPSA) is 40.5 Å². The highest BCUT2D eigenvalue weighted by Crippen LogP contribution is 2.05. The Morgan fingerprint density at radius 3 is 2.58 bits per heavy atom. The van der Waals surface area contributed by atoms with Crippen molar-refractivity contribution in [2.24, 2.45) is 0 Å². The predicted octanol–water partition coefficient (Wildman–Crippen LogP) is 1.09. The summed E-state index contributed by atoms with van der Waals surface area (Å²) in [6, 6.07) is 0. The Bertz CT molecular complexity index is 216. The first kappa shape index (κ1) is 11.2. The van der Waals surface area contributed by atoms with E-state index in [1.165, 1.54) is 0 Å². The molecule has 0 aliphatic heterocycles. The summed E-state index contributed by atoms with van der Waals surface area (Å²) < 4.78 is 0. The summed E-state index contributed by atoms with van der Waals surface area (Å²) in [4.78, 5) is 0. The fourth-order valence-electron chi connectivity index (χ4n) is 0.510. The molecule has 0 aromatic heterocycles. The minimum atomic E-state index is -0.912. The van der Waals surface area contributed by atoms with Gasteiger partial charge in [0.1, 0.15) is 5.60 Å². The minimum Gasteiger partial charge on any atom is -0.392 e. The monoisotopic (exact) mass is 168 g/mol. The van der Waals surface area contributed by atoms with Gasteiger partial charge in [0.25, 0.3) is 0 Å². The van der Waals surface area contributed by atoms with E-state index < -0.39 is 5.60 Å². The first-order valence-electron chi connectivity index (χ1n) is 4.05. The van der Waals surface area contributed by atoms with Gasteiger partial charge in [-0.1, -0.05) is 18.8 Å². The van der Waals surface area contributed by atoms with Crippen LogP contribution in [0.4, 0.5) is 0 Å². The standard InChI is InChI=1S/C10H16O2/c1-4-10(3,12)7-5-9(2)6-8-11/h6,11-12H,4,8H2,1-3H3/b9-6+. The van der Waals surface area contributed by atoms with E-state index in [1.807, 2.05) is 6.92 Å². The van der Waals surface area contributed by atoms with Gasteiger partial charge in [-0.2, -0.15) is 0 Å². The minimum absolute atomic E-state index is 0.00518. The molecular formula is C10H16O2. The second kappa shape index (κ2) is 4.97. The van der Waals surface area contributed by atoms with Crippen LogP contribution in [0.3, 0.4) is 0 Å². The van der Waals surface area contributed by atoms with Crippen molar-refractivity contribution in [1.82, 2.24) is 0 Å². The molecule has 2 N–H and O–H groups in total. The van der Waals surface area contributed by atoms with Gasteiger partial charge in [0.2, 0.25) is 0 Å². The molecule has 0 aromatic carbocycles. The summed E-state index contributed by atoms with van der Waals surface area (Å²) >= 11 is 0. The van der Waals surface area contributed by atoms with Gasteiger partial charge >= 0.3 is 0 Å². The molecule has 0 heterocycles. The Hall–Kier alpha value is -0.780. The van der Waals surface area contributed by atoms with E-state index in [4.69, 9.17) is 5.11 Å². The lowest BCUT2D eigenvalue weighted by atomic mass is 10.0. The van der Waals surface area contributed by atoms with Gasteiger partial charge in [0.05, 0.1) is 6.61 Å². The van der Waals surface area contributed by atoms with Crippen molar-refractivity contribution in [3.8, 4) is 11.8 Å². The summed E-state index contributed by atoms with van der Waals surface area (Å²) in [6.07, 6.45) is 2.21. The van der Waals surface area contributed by atoms with E-state index in [2.05, 4.69) is 11.8 Å². The lowest BCUT2D eigenvalue weighted by molar-refractivity contribution is 0.118. The van der Waals surface area contributed by atoms with Crippen LogP contribution in [0.1, 0.15) is 27.2 Å². The molecule has 2 nitrogen and oxygen atoms in total. The van der Waals surface area contributed by atoms with Crippen LogP contribution in [0.15, 0.2) is 11.6 Å². The third kappa shape index (κ3) is 4.95. The molecule has 0 aliphatic rings. The highest BCUT2D eigenvalue weighted by atomic mass is 16.3. The average molecular weight is 168 g/mol. The molecule has 0 fully saturated rings. The van der Waals surface area contributed by atoms with Crippen molar-refractivity contribution in [2.75, 3.05) is 6.61 Å². The molecule has 2 heteroatoms. The maximum absolute atomic E-state index is 9.48. The van der Waals surface area contributed by atoms with Gasteiger partial charge in [-0.15, -0.1) is 0 Å². The zero-order valence-corrected chi connectivity index (χ0v) is 7.89. The smallest absolute Gasteiger partial charge is 0.122 e. The molecule has 0 rings (SSSR count). The summed E-state index contributed by atoms with van der Waals surface area (Å²) in [5.74, 6) is 5.50. The Morgan fingerprint density at radius 1 is 1.58 bits per heavy atom. The van der Waals surface area contributed by atoms with E-state index in [1.54, 1.807) is 19.9 Å². The fourth-order valence-corrected chi connectivity index (χ4v) is 0.510. The van der Waals surface area contributed by atoms with Crippen LogP contribution in [0.25, 0.3) is 0 Å². The lowest BCUT2D eigenvalue weighted by Gasteiger charge is -2.11. The summed E-state index contributed by atoms with van der Waals surface area (Å²) in [7, 11) is 0. The van der Waals surface area contributed by atoms with Gasteiger partial charge in [-0.25, -0.2) is 0 Å². The van der Waals surface area contributed by atoms with Gasteiger partial charge < -0.3 is 10.2 Å². The van der Waals surface area contributed by atoms with E-state index in [-0.39, 0.29) is 6.61 Å². The Kier molecular flexibility index (Phi) is 4.65. The van der Waals surface area contributed by atoms with E-state index in [0.717, 1.165) is 5.57 Å². The number of rotatable bonds is 2. The quantitative estimate of drug-likeness (QED) is 0.606. The van der Waals surface area contributed by atoms with Crippen LogP contribution < -0.4 is 0 Å². The van der Waals surface area contributed by atoms with Crippen molar-refractivity contribution >= 4 is 0 Å². The third-order valence-corrected chi connectivity index (χ3v) is 1.61. The van der Waals surface area contributed by atoms with Crippen LogP contribution in [0, 0.1) is 11.8 Å². The first-order valence-corrected chi connectivity index (χ1v) is 4.05. The van der Waals surface area contributed by atoms with Crippen LogP contribution in [0.2, 0.25) is 0 Å². The maximum atomic E-state index is 9.48. The highest BCUT2D eigenvalue weighted by molar-refractivity contribution is 5.29. The second-order valence-electron chi connectivity index (χ2n) is 2.95. The lowest BCUT2D eigenvalue weighted by Crippen LogP contribution is -2.19. The van der Waals surface area contributed by atoms with Crippen LogP contribution in [-0.2, 0) is 0 Å². The number of hydrogen-bond donors (Lipinski definition) is 2. The predicted molar refractivity (Wildman–Crippen MR) is 49.5 cm³/mol. The first-order chi connectivity index (χ1) is 5.52. The third-order valence-electron chi connectivity index (χ3n) is 1.61. The van der Waals surface area contributed by atoms with Crippen molar-refractivity contribution in [2.45, 2.75) is 32.8 Å². The maximum Gasteiger partial charge on any atom is 0.122 e. The molecule has 0 radical (unpaired) electrons. The van der Waals surface area contributed by atoms with Gasteiger partial charge in [-0.05, 0) is 31.9 Å². The molecule has 0 spiro atoms. The zero-order valence-electron chi connectivity index (χ0n) is 7.89. The van der Waals surface area contributed by atoms with Crippen LogP contribution in [0.5, 0.6) is 0 Å². The Morgan fingerprint density at radius 2 is 2.17 bits per heavy atom. The number of allylic oxidation sites excluding steroid dienone is 1. The van der Waals surface area contributed by atoms with Crippen molar-refractivity contribution < 1.29 is 10.2 Å². The van der Waals surface area contributed by atoms with Crippen LogP contribution in [-0.4, -0.2) is 22.4 Å². The molecular weight excluding hydrogens is 152 g/mol. The van der Waals surface area contributed by atoms with Crippen molar-refractivity contribution in [3.05, 3.63) is 11.6 Å². The molecule has 12 heavy (non-hydrogen) atoms. The fraction of sp³-hybridized carbons (Fsp3) is 0.600. The molecule has 0 aromatic rings. The van der Waals surface area contributed by atoms with Crippen molar-refractivity contribution in [3.63, 3.8) is 0 Å². The number of aliphatic hydroxyl groups is 2. The molecule has 0 aliphatic carbocycles. The number of aliphatic hydroxyl groups excluding tert-OH is 1.